The van der Waals surface area contributed by atoms with Crippen molar-refractivity contribution in [3.05, 3.63) is 204 Å². The first-order valence-corrected chi connectivity index (χ1v) is 15.0. The fourth-order valence-corrected chi connectivity index (χ4v) is 6.99. The van der Waals surface area contributed by atoms with E-state index in [1.54, 1.807) is 0 Å². The fraction of sp³-hybridized carbons (Fsp3) is 0.0233. The molecule has 0 N–H and O–H groups in total. The van der Waals surface area contributed by atoms with Gasteiger partial charge < -0.3 is 0 Å². The minimum atomic E-state index is 0.0844. The minimum Gasteiger partial charge on any atom is -0.0622 e. The van der Waals surface area contributed by atoms with Crippen LogP contribution in [0, 0.1) is 0 Å². The second-order valence-electron chi connectivity index (χ2n) is 11.2. The van der Waals surface area contributed by atoms with Crippen molar-refractivity contribution < 1.29 is 0 Å². The summed E-state index contributed by atoms with van der Waals surface area (Å²) in [5.41, 5.74) is 14.1. The molecule has 1 atom stereocenters. The van der Waals surface area contributed by atoms with Gasteiger partial charge in [0.25, 0.3) is 0 Å². The molecule has 202 valence electrons. The topological polar surface area (TPSA) is 0 Å². The molecule has 1 aliphatic carbocycles. The van der Waals surface area contributed by atoms with Gasteiger partial charge in [0.05, 0.1) is 0 Å². The summed E-state index contributed by atoms with van der Waals surface area (Å²) in [6, 6.07) is 64.2. The van der Waals surface area contributed by atoms with Crippen LogP contribution in [0.5, 0.6) is 0 Å². The molecule has 1 unspecified atom stereocenters. The summed E-state index contributed by atoms with van der Waals surface area (Å²) in [4.78, 5) is 0. The molecule has 0 nitrogen and oxygen atoms in total. The van der Waals surface area contributed by atoms with Gasteiger partial charge in [-0.25, -0.2) is 0 Å². The zero-order chi connectivity index (χ0) is 28.6. The summed E-state index contributed by atoms with van der Waals surface area (Å²) in [6.45, 7) is 0. The Hall–Kier alpha value is -5.46. The van der Waals surface area contributed by atoms with E-state index in [1.807, 2.05) is 0 Å². The molecule has 43 heavy (non-hydrogen) atoms. The Kier molecular flexibility index (Phi) is 6.31. The second kappa shape index (κ2) is 10.7. The fourth-order valence-electron chi connectivity index (χ4n) is 6.99. The normalized spacial score (nSPS) is 14.2. The molecule has 0 heteroatoms. The molecule has 0 fully saturated rings. The number of benzene rings is 7. The van der Waals surface area contributed by atoms with E-state index in [0.29, 0.717) is 0 Å². The first-order chi connectivity index (χ1) is 21.4. The average molecular weight is 547 g/mol. The zero-order valence-electron chi connectivity index (χ0n) is 23.8. The van der Waals surface area contributed by atoms with Crippen LogP contribution >= 0.6 is 0 Å². The highest BCUT2D eigenvalue weighted by Crippen LogP contribution is 2.55. The first-order valence-electron chi connectivity index (χ1n) is 15.0. The van der Waals surface area contributed by atoms with Gasteiger partial charge in [-0.15, -0.1) is 0 Å². The van der Waals surface area contributed by atoms with Gasteiger partial charge in [0.15, 0.2) is 0 Å². The van der Waals surface area contributed by atoms with E-state index in [4.69, 9.17) is 0 Å². The molecule has 7 aromatic rings. The Balaban J connectivity index is 1.63. The minimum absolute atomic E-state index is 0.0844. The first kappa shape index (κ1) is 25.3. The lowest BCUT2D eigenvalue weighted by atomic mass is 9.68. The maximum absolute atomic E-state index is 2.41. The number of hydrogen-bond donors (Lipinski definition) is 0. The molecule has 8 rings (SSSR count). The average Bonchev–Trinajstić information content (AvgIpc) is 3.10. The smallest absolute Gasteiger partial charge is 0.0358 e. The van der Waals surface area contributed by atoms with Crippen LogP contribution in [-0.2, 0) is 0 Å². The maximum Gasteiger partial charge on any atom is 0.0358 e. The monoisotopic (exact) mass is 546 g/mol. The van der Waals surface area contributed by atoms with Crippen LogP contribution in [0.2, 0.25) is 0 Å². The highest BCUT2D eigenvalue weighted by Gasteiger charge is 2.34. The van der Waals surface area contributed by atoms with Crippen molar-refractivity contribution in [1.29, 1.82) is 0 Å². The van der Waals surface area contributed by atoms with Gasteiger partial charge in [0.2, 0.25) is 0 Å². The third-order valence-electron chi connectivity index (χ3n) is 8.74. The Labute approximate surface area is 253 Å². The molecule has 0 saturated heterocycles. The van der Waals surface area contributed by atoms with Gasteiger partial charge in [-0.2, -0.15) is 0 Å². The standard InChI is InChI=1S/C43H30/c1-6-17-30(18-7-1)37-29-35-27-16-28-36-38(31-19-8-2-9-20-31)41(33-23-12-4-13-24-33)42(34-25-14-5-15-26-34)43(40(35)36)39(37)32-21-10-3-11-22-32/h1-29,38H. The molecule has 0 bridgehead atoms. The van der Waals surface area contributed by atoms with Crippen molar-refractivity contribution in [3.63, 3.8) is 0 Å². The number of rotatable bonds is 5. The van der Waals surface area contributed by atoms with Crippen molar-refractivity contribution in [2.75, 3.05) is 0 Å². The lowest BCUT2D eigenvalue weighted by Gasteiger charge is -2.35. The predicted octanol–water partition coefficient (Wildman–Crippen LogP) is 11.3. The summed E-state index contributed by atoms with van der Waals surface area (Å²) in [5, 5.41) is 2.61. The Morgan fingerprint density at radius 3 is 1.49 bits per heavy atom. The van der Waals surface area contributed by atoms with E-state index in [0.717, 1.165) is 0 Å². The molecule has 0 aliphatic heterocycles. The summed E-state index contributed by atoms with van der Waals surface area (Å²) in [7, 11) is 0. The molecule has 0 radical (unpaired) electrons. The molecule has 0 spiro atoms. The maximum atomic E-state index is 2.41. The van der Waals surface area contributed by atoms with Gasteiger partial charge in [-0.3, -0.25) is 0 Å². The highest BCUT2D eigenvalue weighted by molar-refractivity contribution is 6.18. The lowest BCUT2D eigenvalue weighted by molar-refractivity contribution is 1.05. The quantitative estimate of drug-likeness (QED) is 0.201. The van der Waals surface area contributed by atoms with E-state index >= 15 is 0 Å². The molecular formula is C43H30. The van der Waals surface area contributed by atoms with Crippen molar-refractivity contribution >= 4 is 21.9 Å². The SMILES string of the molecule is c1ccc(C2=C(c3ccccc3)C(c3ccccc3)c3cccc4cc(-c5ccccc5)c(-c5ccccc5)c2c34)cc1. The lowest BCUT2D eigenvalue weighted by Crippen LogP contribution is -2.14. The summed E-state index contributed by atoms with van der Waals surface area (Å²) in [6.07, 6.45) is 0. The van der Waals surface area contributed by atoms with E-state index in [-0.39, 0.29) is 5.92 Å². The molecular weight excluding hydrogens is 516 g/mol. The van der Waals surface area contributed by atoms with Crippen LogP contribution < -0.4 is 0 Å². The molecule has 7 aromatic carbocycles. The van der Waals surface area contributed by atoms with Crippen LogP contribution in [-0.4, -0.2) is 0 Å². The van der Waals surface area contributed by atoms with Crippen LogP contribution in [0.1, 0.15) is 33.7 Å². The molecule has 0 heterocycles. The van der Waals surface area contributed by atoms with Gasteiger partial charge in [-0.05, 0) is 78.1 Å². The van der Waals surface area contributed by atoms with Crippen LogP contribution in [0.25, 0.3) is 44.2 Å². The Morgan fingerprint density at radius 2 is 0.884 bits per heavy atom. The van der Waals surface area contributed by atoms with E-state index in [1.165, 1.54) is 72.0 Å². The predicted molar refractivity (Wildman–Crippen MR) is 182 cm³/mol. The van der Waals surface area contributed by atoms with Crippen LogP contribution in [0.4, 0.5) is 0 Å². The largest absolute Gasteiger partial charge is 0.0622 e. The summed E-state index contributed by atoms with van der Waals surface area (Å²) in [5.74, 6) is 0.0844. The van der Waals surface area contributed by atoms with E-state index in [9.17, 15) is 0 Å². The van der Waals surface area contributed by atoms with Crippen molar-refractivity contribution in [1.82, 2.24) is 0 Å². The van der Waals surface area contributed by atoms with Crippen molar-refractivity contribution in [2.24, 2.45) is 0 Å². The third-order valence-corrected chi connectivity index (χ3v) is 8.74. The molecule has 1 aliphatic rings. The Bertz CT molecular complexity index is 2070. The van der Waals surface area contributed by atoms with Crippen molar-refractivity contribution in [3.8, 4) is 22.3 Å². The summed E-state index contributed by atoms with van der Waals surface area (Å²) < 4.78 is 0. The molecule has 0 saturated carbocycles. The Morgan fingerprint density at radius 1 is 0.372 bits per heavy atom. The van der Waals surface area contributed by atoms with Crippen LogP contribution in [0.3, 0.4) is 0 Å². The summed E-state index contributed by atoms with van der Waals surface area (Å²) >= 11 is 0. The van der Waals surface area contributed by atoms with Crippen LogP contribution in [0.15, 0.2) is 176 Å². The van der Waals surface area contributed by atoms with Gasteiger partial charge in [0, 0.05) is 5.92 Å². The zero-order valence-corrected chi connectivity index (χ0v) is 23.8. The van der Waals surface area contributed by atoms with Gasteiger partial charge >= 0.3 is 0 Å². The molecule has 0 amide bonds. The van der Waals surface area contributed by atoms with E-state index in [2.05, 4.69) is 176 Å². The van der Waals surface area contributed by atoms with Gasteiger partial charge in [0.1, 0.15) is 0 Å². The molecule has 0 aromatic heterocycles. The van der Waals surface area contributed by atoms with Crippen molar-refractivity contribution in [2.45, 2.75) is 5.92 Å². The number of allylic oxidation sites excluding steroid dienone is 1. The highest BCUT2D eigenvalue weighted by atomic mass is 14.4. The third kappa shape index (κ3) is 4.31. The second-order valence-corrected chi connectivity index (χ2v) is 11.2. The number of hydrogen-bond acceptors (Lipinski definition) is 0. The van der Waals surface area contributed by atoms with Gasteiger partial charge in [-0.1, -0.05) is 170 Å². The van der Waals surface area contributed by atoms with E-state index < -0.39 is 0 Å².